The van der Waals surface area contributed by atoms with Gasteiger partial charge in [0.15, 0.2) is 0 Å². The van der Waals surface area contributed by atoms with Gasteiger partial charge < -0.3 is 0 Å². The molecular formula is C18H25O2P. The predicted octanol–water partition coefficient (Wildman–Crippen LogP) is 3.28. The number of hydrogen-bond donors (Lipinski definition) is 2. The van der Waals surface area contributed by atoms with Gasteiger partial charge in [-0.1, -0.05) is 0 Å². The minimum atomic E-state index is -4.15. The Hall–Kier alpha value is -1.21. The molecule has 0 aromatic heterocycles. The molecule has 2 aromatic carbocycles. The van der Waals surface area contributed by atoms with Gasteiger partial charge in [-0.05, 0) is 0 Å². The van der Waals surface area contributed by atoms with Crippen molar-refractivity contribution in [2.75, 3.05) is 6.16 Å². The second kappa shape index (κ2) is 5.53. The first-order valence-electron chi connectivity index (χ1n) is 7.38. The second-order valence-electron chi connectivity index (χ2n) is 6.35. The monoisotopic (exact) mass is 304 g/mol. The number of benzene rings is 2. The van der Waals surface area contributed by atoms with E-state index in [1.54, 1.807) is 0 Å². The van der Waals surface area contributed by atoms with Crippen LogP contribution in [0.1, 0.15) is 25.0 Å². The summed E-state index contributed by atoms with van der Waals surface area (Å²) in [5.41, 5.74) is 1.87. The molecular weight excluding hydrogens is 279 g/mol. The average molecular weight is 304 g/mol. The Kier molecular flexibility index (Phi) is 4.26. The third-order valence-electron chi connectivity index (χ3n) is 3.95. The van der Waals surface area contributed by atoms with Crippen LogP contribution in [0.15, 0.2) is 48.5 Å². The molecule has 3 heteroatoms. The summed E-state index contributed by atoms with van der Waals surface area (Å²) in [5, 5.41) is 1.37. The van der Waals surface area contributed by atoms with E-state index in [1.165, 1.54) is 0 Å². The van der Waals surface area contributed by atoms with Crippen LogP contribution in [0.3, 0.4) is 0 Å². The van der Waals surface area contributed by atoms with Crippen molar-refractivity contribution < 1.29 is 9.79 Å². The van der Waals surface area contributed by atoms with Gasteiger partial charge in [-0.3, -0.25) is 0 Å². The number of aryl methyl sites for hydroxylation is 2. The van der Waals surface area contributed by atoms with Crippen molar-refractivity contribution in [2.45, 2.75) is 27.7 Å². The molecule has 114 valence electrons. The van der Waals surface area contributed by atoms with Crippen molar-refractivity contribution >= 4 is 17.7 Å². The summed E-state index contributed by atoms with van der Waals surface area (Å²) in [5.74, 6) is 0.192. The van der Waals surface area contributed by atoms with Gasteiger partial charge in [0.05, 0.1) is 0 Å². The Morgan fingerprint density at radius 3 is 1.52 bits per heavy atom. The molecule has 0 aliphatic heterocycles. The van der Waals surface area contributed by atoms with Crippen molar-refractivity contribution in [1.29, 1.82) is 0 Å². The maximum atomic E-state index is 11.6. The van der Waals surface area contributed by atoms with E-state index in [0.29, 0.717) is 16.8 Å². The summed E-state index contributed by atoms with van der Waals surface area (Å²) in [7, 11) is -4.15. The van der Waals surface area contributed by atoms with Crippen LogP contribution in [0.5, 0.6) is 0 Å². The fraction of sp³-hybridized carbons (Fsp3) is 0.333. The van der Waals surface area contributed by atoms with Gasteiger partial charge in [-0.15, -0.1) is 0 Å². The molecule has 2 rings (SSSR count). The number of rotatable bonds is 4. The first kappa shape index (κ1) is 16.2. The fourth-order valence-electron chi connectivity index (χ4n) is 3.20. The molecule has 2 N–H and O–H groups in total. The van der Waals surface area contributed by atoms with E-state index in [-0.39, 0.29) is 5.92 Å². The standard InChI is InChI=1S/C18H25O2P/c1-14(2)13-21(19,20,17-11-7-5-9-15(17)3)18-12-8-6-10-16(18)4/h5-12,14,19-20H,13H2,1-4H3. The van der Waals surface area contributed by atoms with E-state index in [2.05, 4.69) is 0 Å². The summed E-state index contributed by atoms with van der Waals surface area (Å²) >= 11 is 0. The number of hydrogen-bond acceptors (Lipinski definition) is 2. The molecule has 0 saturated heterocycles. The Morgan fingerprint density at radius 2 is 1.19 bits per heavy atom. The van der Waals surface area contributed by atoms with Crippen molar-refractivity contribution in [3.63, 3.8) is 0 Å². The first-order valence-corrected chi connectivity index (χ1v) is 9.71. The van der Waals surface area contributed by atoms with Gasteiger partial charge in [0.2, 0.25) is 0 Å². The summed E-state index contributed by atoms with van der Waals surface area (Å²) in [6, 6.07) is 15.3. The van der Waals surface area contributed by atoms with E-state index >= 15 is 0 Å². The molecule has 0 radical (unpaired) electrons. The minimum absolute atomic E-state index is 0.192. The molecule has 0 atom stereocenters. The SMILES string of the molecule is Cc1ccccc1P(O)(O)(CC(C)C)c1ccccc1C. The molecule has 0 aliphatic carbocycles. The Morgan fingerprint density at radius 1 is 0.810 bits per heavy atom. The zero-order chi connectivity index (χ0) is 15.7. The molecule has 0 unspecified atom stereocenters. The Labute approximate surface area is 127 Å². The van der Waals surface area contributed by atoms with E-state index in [9.17, 15) is 9.79 Å². The van der Waals surface area contributed by atoms with Gasteiger partial charge in [0.1, 0.15) is 0 Å². The van der Waals surface area contributed by atoms with Gasteiger partial charge in [-0.2, -0.15) is 0 Å². The summed E-state index contributed by atoms with van der Waals surface area (Å²) in [4.78, 5) is 23.3. The third kappa shape index (κ3) is 2.89. The zero-order valence-corrected chi connectivity index (χ0v) is 14.1. The van der Waals surface area contributed by atoms with Crippen molar-refractivity contribution in [3.8, 4) is 0 Å². The van der Waals surface area contributed by atoms with Crippen molar-refractivity contribution in [1.82, 2.24) is 0 Å². The van der Waals surface area contributed by atoms with E-state index in [0.717, 1.165) is 11.1 Å². The van der Waals surface area contributed by atoms with E-state index in [4.69, 9.17) is 0 Å². The van der Waals surface area contributed by atoms with E-state index in [1.807, 2.05) is 76.2 Å². The molecule has 0 fully saturated rings. The summed E-state index contributed by atoms with van der Waals surface area (Å²) < 4.78 is 0. The molecule has 0 bridgehead atoms. The van der Waals surface area contributed by atoms with Crippen LogP contribution in [0, 0.1) is 19.8 Å². The second-order valence-corrected chi connectivity index (χ2v) is 10.1. The predicted molar refractivity (Wildman–Crippen MR) is 92.7 cm³/mol. The average Bonchev–Trinajstić information content (AvgIpc) is 2.38. The van der Waals surface area contributed by atoms with Crippen LogP contribution in [-0.2, 0) is 0 Å². The normalized spacial score (nSPS) is 14.0. The molecule has 2 aromatic rings. The Balaban J connectivity index is 2.79. The van der Waals surface area contributed by atoms with Gasteiger partial charge in [0.25, 0.3) is 0 Å². The maximum absolute atomic E-state index is 11.6. The van der Waals surface area contributed by atoms with Gasteiger partial charge in [0, 0.05) is 0 Å². The molecule has 0 saturated carbocycles. The van der Waals surface area contributed by atoms with Crippen molar-refractivity contribution in [3.05, 3.63) is 59.7 Å². The molecule has 2 nitrogen and oxygen atoms in total. The van der Waals surface area contributed by atoms with Crippen LogP contribution in [-0.4, -0.2) is 15.9 Å². The molecule has 0 aliphatic rings. The molecule has 0 spiro atoms. The molecule has 21 heavy (non-hydrogen) atoms. The Bertz CT molecular complexity index is 598. The first-order chi connectivity index (χ1) is 9.74. The van der Waals surface area contributed by atoms with Gasteiger partial charge in [-0.25, -0.2) is 0 Å². The molecule has 0 heterocycles. The fourth-order valence-corrected chi connectivity index (χ4v) is 7.67. The van der Waals surface area contributed by atoms with Crippen LogP contribution < -0.4 is 10.6 Å². The summed E-state index contributed by atoms with van der Waals surface area (Å²) in [6.45, 7) is 7.96. The van der Waals surface area contributed by atoms with E-state index < -0.39 is 7.06 Å². The van der Waals surface area contributed by atoms with Gasteiger partial charge >= 0.3 is 127 Å². The summed E-state index contributed by atoms with van der Waals surface area (Å²) in [6.07, 6.45) is 0.376. The van der Waals surface area contributed by atoms with Crippen LogP contribution in [0.25, 0.3) is 0 Å². The quantitative estimate of drug-likeness (QED) is 0.851. The zero-order valence-electron chi connectivity index (χ0n) is 13.2. The third-order valence-corrected chi connectivity index (χ3v) is 8.41. The van der Waals surface area contributed by atoms with Crippen LogP contribution in [0.2, 0.25) is 0 Å². The van der Waals surface area contributed by atoms with Crippen LogP contribution in [0.4, 0.5) is 0 Å². The van der Waals surface area contributed by atoms with Crippen LogP contribution >= 0.6 is 7.06 Å². The molecule has 0 amide bonds. The van der Waals surface area contributed by atoms with Crippen molar-refractivity contribution in [2.24, 2.45) is 5.92 Å². The topological polar surface area (TPSA) is 40.5 Å².